The second kappa shape index (κ2) is 28.1. The molecule has 0 N–H and O–H groups in total. The molecule has 0 amide bonds. The maximum Gasteiger partial charge on any atom is 0.252 e. The summed E-state index contributed by atoms with van der Waals surface area (Å²) < 4.78 is 41.5. The average molecular weight is 1440 g/mol. The summed E-state index contributed by atoms with van der Waals surface area (Å²) in [4.78, 5) is 9.76. The van der Waals surface area contributed by atoms with Crippen molar-refractivity contribution in [3.63, 3.8) is 0 Å². The summed E-state index contributed by atoms with van der Waals surface area (Å²) in [6.07, 6.45) is 0. The number of anilines is 12. The van der Waals surface area contributed by atoms with Gasteiger partial charge in [0.25, 0.3) is 6.71 Å². The molecule has 0 atom stereocenters. The topological polar surface area (TPSA) is 17.9 Å². The quantitative estimate of drug-likeness (QED) is 0.0952. The molecule has 5 nitrogen and oxygen atoms in total. The minimum Gasteiger partial charge on any atom is -0.310 e. The molecule has 3 heterocycles. The van der Waals surface area contributed by atoms with Crippen LogP contribution in [0.3, 0.4) is 0 Å². The molecule has 0 radical (unpaired) electrons. The molecule has 6 heteroatoms. The third kappa shape index (κ3) is 11.8. The highest BCUT2D eigenvalue weighted by Gasteiger charge is 2.46. The van der Waals surface area contributed by atoms with Crippen molar-refractivity contribution in [2.45, 2.75) is 26.2 Å². The smallest absolute Gasteiger partial charge is 0.252 e. The number of hydrogen-bond donors (Lipinski definition) is 0. The highest BCUT2D eigenvalue weighted by atomic mass is 15.2. The Hall–Kier alpha value is -14.2. The first-order chi connectivity index (χ1) is 56.9. The summed E-state index contributed by atoms with van der Waals surface area (Å²) in [5.41, 5.74) is 30.2. The third-order valence-corrected chi connectivity index (χ3v) is 22.4. The van der Waals surface area contributed by atoms with Crippen molar-refractivity contribution in [1.82, 2.24) is 4.57 Å². The normalized spacial score (nSPS) is 12.7. The van der Waals surface area contributed by atoms with Gasteiger partial charge in [-0.3, -0.25) is 0 Å². The Morgan fingerprint density at radius 3 is 1.00 bits per heavy atom. The highest BCUT2D eigenvalue weighted by molar-refractivity contribution is 7.00. The molecule has 0 bridgehead atoms. The molecule has 112 heavy (non-hydrogen) atoms. The van der Waals surface area contributed by atoms with E-state index in [-0.39, 0.29) is 29.6 Å². The van der Waals surface area contributed by atoms with Crippen LogP contribution in [0.15, 0.2) is 418 Å². The van der Waals surface area contributed by atoms with Crippen LogP contribution in [0.2, 0.25) is 0 Å². The third-order valence-electron chi connectivity index (χ3n) is 22.4. The predicted octanol–water partition coefficient (Wildman–Crippen LogP) is 27.1. The lowest BCUT2D eigenvalue weighted by Gasteiger charge is -2.46. The molecule has 0 fully saturated rings. The van der Waals surface area contributed by atoms with Gasteiger partial charge in [-0.1, -0.05) is 324 Å². The Morgan fingerprint density at radius 1 is 0.277 bits per heavy atom. The fourth-order valence-corrected chi connectivity index (χ4v) is 17.2. The van der Waals surface area contributed by atoms with Gasteiger partial charge >= 0.3 is 0 Å². The summed E-state index contributed by atoms with van der Waals surface area (Å²) in [7, 11) is 0. The lowest BCUT2D eigenvalue weighted by molar-refractivity contribution is 0.591. The van der Waals surface area contributed by atoms with Crippen LogP contribution in [0, 0.1) is 0 Å². The number of hydrogen-bond acceptors (Lipinski definition) is 4. The monoisotopic (exact) mass is 1440 g/mol. The first-order valence-corrected chi connectivity index (χ1v) is 38.5. The largest absolute Gasteiger partial charge is 0.310 e. The molecular formula is C106H78BN5. The van der Waals surface area contributed by atoms with Crippen molar-refractivity contribution in [1.29, 1.82) is 0 Å². The first-order valence-electron chi connectivity index (χ1n) is 40.5. The van der Waals surface area contributed by atoms with Crippen LogP contribution in [0.5, 0.6) is 0 Å². The number of para-hydroxylation sites is 7. The minimum absolute atomic E-state index is 0.0850. The van der Waals surface area contributed by atoms with E-state index in [1.54, 1.807) is 0 Å². The second-order valence-electron chi connectivity index (χ2n) is 30.1. The summed E-state index contributed by atoms with van der Waals surface area (Å²) in [5, 5.41) is 1.21. The number of aromatic nitrogens is 1. The van der Waals surface area contributed by atoms with Crippen LogP contribution in [0.1, 0.15) is 31.8 Å². The van der Waals surface area contributed by atoms with E-state index in [1.807, 2.05) is 0 Å². The van der Waals surface area contributed by atoms with Gasteiger partial charge in [0.15, 0.2) is 0 Å². The van der Waals surface area contributed by atoms with Gasteiger partial charge in [-0.05, 0) is 187 Å². The molecule has 17 aromatic carbocycles. The molecular weight excluding hydrogens is 1350 g/mol. The van der Waals surface area contributed by atoms with Crippen molar-refractivity contribution in [2.24, 2.45) is 0 Å². The Kier molecular flexibility index (Phi) is 15.8. The zero-order chi connectivity index (χ0) is 78.3. The lowest BCUT2D eigenvalue weighted by Crippen LogP contribution is -2.61. The first kappa shape index (κ1) is 62.8. The number of fused-ring (bicyclic) bond motifs is 7. The average Bonchev–Trinajstić information content (AvgIpc) is 0.856. The molecule has 0 saturated carbocycles. The number of nitrogens with zero attached hydrogens (tertiary/aromatic N) is 5. The summed E-state index contributed by atoms with van der Waals surface area (Å²) in [6, 6.07) is 142. The SMILES string of the molecule is [2H]c1c([2H])c([2H])c2c(c1[2H])c1cc(C(C)(C)C)ccc1n2-c1cc2c3c(c1)N(c1c(-c4ccccc4)cccc1-c1ccccc1)c1ccc(-c4cccc(N(c5ccccc5)c5ccccc5)c4)cc1B3c1cc(-c3cccc(N(c4ccccc4)c4ccccc4)c3)ccc1N2c1c(-c2ccccc2)cccc1-c1ccccc1. The van der Waals surface area contributed by atoms with Gasteiger partial charge in [0.1, 0.15) is 0 Å². The molecule has 0 saturated heterocycles. The molecule has 0 spiro atoms. The van der Waals surface area contributed by atoms with Crippen LogP contribution < -0.4 is 36.0 Å². The maximum absolute atomic E-state index is 10.3. The van der Waals surface area contributed by atoms with Crippen LogP contribution >= 0.6 is 0 Å². The maximum atomic E-state index is 10.3. The van der Waals surface area contributed by atoms with Crippen LogP contribution in [0.25, 0.3) is 94.3 Å². The van der Waals surface area contributed by atoms with Gasteiger partial charge in [-0.25, -0.2) is 0 Å². The molecule has 0 unspecified atom stereocenters. The summed E-state index contributed by atoms with van der Waals surface area (Å²) in [6.45, 7) is 6.09. The van der Waals surface area contributed by atoms with E-state index < -0.39 is 6.71 Å². The van der Waals surface area contributed by atoms with E-state index in [1.165, 1.54) is 0 Å². The van der Waals surface area contributed by atoms with Crippen LogP contribution in [-0.2, 0) is 5.41 Å². The van der Waals surface area contributed by atoms with Crippen molar-refractivity contribution in [2.75, 3.05) is 19.6 Å². The molecule has 530 valence electrons. The highest BCUT2D eigenvalue weighted by Crippen LogP contribution is 2.55. The second-order valence-corrected chi connectivity index (χ2v) is 30.1. The van der Waals surface area contributed by atoms with E-state index in [4.69, 9.17) is 0 Å². The van der Waals surface area contributed by atoms with Gasteiger partial charge in [0.2, 0.25) is 0 Å². The van der Waals surface area contributed by atoms with E-state index in [9.17, 15) is 5.48 Å². The van der Waals surface area contributed by atoms with Crippen molar-refractivity contribution in [3.8, 4) is 72.4 Å². The van der Waals surface area contributed by atoms with Gasteiger partial charge in [0, 0.05) is 89.9 Å². The number of rotatable bonds is 15. The predicted molar refractivity (Wildman–Crippen MR) is 475 cm³/mol. The van der Waals surface area contributed by atoms with E-state index in [0.717, 1.165) is 174 Å². The van der Waals surface area contributed by atoms with E-state index in [2.05, 4.69) is 439 Å². The summed E-state index contributed by atoms with van der Waals surface area (Å²) in [5.74, 6) is 0. The molecule has 2 aliphatic heterocycles. The Balaban J connectivity index is 0.953. The fraction of sp³-hybridized carbons (Fsp3) is 0.0377. The van der Waals surface area contributed by atoms with E-state index in [0.29, 0.717) is 10.9 Å². The Bertz CT molecular complexity index is 6280. The summed E-state index contributed by atoms with van der Waals surface area (Å²) >= 11 is 0. The fourth-order valence-electron chi connectivity index (χ4n) is 17.2. The van der Waals surface area contributed by atoms with Crippen LogP contribution in [0.4, 0.5) is 68.2 Å². The van der Waals surface area contributed by atoms with Gasteiger partial charge in [-0.2, -0.15) is 0 Å². The zero-order valence-corrected chi connectivity index (χ0v) is 62.3. The molecule has 20 rings (SSSR count). The number of benzene rings is 17. The minimum atomic E-state index is -0.481. The van der Waals surface area contributed by atoms with Crippen LogP contribution in [-0.4, -0.2) is 11.3 Å². The lowest BCUT2D eigenvalue weighted by atomic mass is 9.33. The van der Waals surface area contributed by atoms with Crippen molar-refractivity contribution < 1.29 is 5.48 Å². The van der Waals surface area contributed by atoms with Gasteiger partial charge in [0.05, 0.1) is 33.6 Å². The molecule has 0 aliphatic carbocycles. The molecule has 18 aromatic rings. The van der Waals surface area contributed by atoms with Gasteiger partial charge < -0.3 is 24.2 Å². The Morgan fingerprint density at radius 2 is 0.616 bits per heavy atom. The van der Waals surface area contributed by atoms with Crippen molar-refractivity contribution >= 4 is 113 Å². The van der Waals surface area contributed by atoms with E-state index >= 15 is 0 Å². The zero-order valence-electron chi connectivity index (χ0n) is 66.3. The van der Waals surface area contributed by atoms with Gasteiger partial charge in [-0.15, -0.1) is 0 Å². The molecule has 1 aromatic heterocycles. The Labute approximate surface area is 661 Å². The molecule has 2 aliphatic rings. The van der Waals surface area contributed by atoms with Crippen molar-refractivity contribution in [3.05, 3.63) is 424 Å². The standard InChI is InChI=1S/C106H78BN5/c1-106(2,3)81-62-65-98-94(70-81)93-54-28-29-59-97(93)110(98)88-71-101-103-102(72-88)112(105-91(75-38-16-6-17-39-75)57-33-58-92(105)76-40-18-7-19-41-76)100-64-61-80(78-43-31-53-87(67-78)109(84-48-24-10-25-49-84)85-50-26-11-27-51-85)69-96(100)107(103)95-68-79(77-42-30-52-86(66-77)108(82-44-20-8-21-45-82)83-46-22-9-23-47-83)60-63-99(95)111(101)104-89(73-34-12-4-13-35-73)55-32-56-90(104)74-36-14-5-15-37-74/h4-72H,1-3H3/i28D,29D,54D,59D.